The fourth-order valence-corrected chi connectivity index (χ4v) is 3.76. The van der Waals surface area contributed by atoms with Crippen LogP contribution in [0.1, 0.15) is 41.6 Å². The van der Waals surface area contributed by atoms with Gasteiger partial charge in [-0.05, 0) is 50.9 Å². The molecule has 1 saturated heterocycles. The van der Waals surface area contributed by atoms with Crippen molar-refractivity contribution in [1.29, 1.82) is 0 Å². The van der Waals surface area contributed by atoms with Gasteiger partial charge in [0.25, 0.3) is 0 Å². The minimum Gasteiger partial charge on any atom is -0.323 e. The molecule has 0 bridgehead atoms. The van der Waals surface area contributed by atoms with Crippen LogP contribution in [0.3, 0.4) is 0 Å². The van der Waals surface area contributed by atoms with Crippen molar-refractivity contribution < 1.29 is 0 Å². The maximum atomic E-state index is 6.54. The summed E-state index contributed by atoms with van der Waals surface area (Å²) in [5, 5.41) is 0. The second-order valence-electron chi connectivity index (χ2n) is 6.72. The van der Waals surface area contributed by atoms with Crippen molar-refractivity contribution in [3.8, 4) is 0 Å². The number of piperazine rings is 1. The van der Waals surface area contributed by atoms with Gasteiger partial charge in [-0.25, -0.2) is 0 Å². The third kappa shape index (κ3) is 3.85. The lowest BCUT2D eigenvalue weighted by molar-refractivity contribution is 0.0889. The fraction of sp³-hybridized carbons (Fsp3) is 0.667. The first-order chi connectivity index (χ1) is 9.92. The Hall–Kier alpha value is -0.900. The van der Waals surface area contributed by atoms with Crippen LogP contribution in [0.25, 0.3) is 0 Å². The van der Waals surface area contributed by atoms with E-state index in [1.54, 1.807) is 0 Å². The van der Waals surface area contributed by atoms with E-state index in [1.807, 2.05) is 0 Å². The molecule has 118 valence electrons. The third-order valence-electron chi connectivity index (χ3n) is 4.90. The van der Waals surface area contributed by atoms with Crippen LogP contribution in [0.5, 0.6) is 0 Å². The zero-order chi connectivity index (χ0) is 15.6. The fourth-order valence-electron chi connectivity index (χ4n) is 3.76. The quantitative estimate of drug-likeness (QED) is 0.925. The number of hydrogen-bond acceptors (Lipinski definition) is 3. The van der Waals surface area contributed by atoms with Crippen LogP contribution in [-0.4, -0.2) is 49.1 Å². The Bertz CT molecular complexity index is 460. The van der Waals surface area contributed by atoms with Crippen molar-refractivity contribution in [1.82, 2.24) is 9.80 Å². The smallest absolute Gasteiger partial charge is 0.0429 e. The van der Waals surface area contributed by atoms with Gasteiger partial charge in [-0.3, -0.25) is 4.90 Å². The Labute approximate surface area is 130 Å². The van der Waals surface area contributed by atoms with E-state index >= 15 is 0 Å². The first kappa shape index (κ1) is 16.5. The van der Waals surface area contributed by atoms with Gasteiger partial charge in [-0.1, -0.05) is 24.6 Å². The van der Waals surface area contributed by atoms with E-state index in [1.165, 1.54) is 28.7 Å². The molecule has 2 atom stereocenters. The van der Waals surface area contributed by atoms with Crippen LogP contribution in [0.2, 0.25) is 0 Å². The second-order valence-corrected chi connectivity index (χ2v) is 6.72. The van der Waals surface area contributed by atoms with E-state index in [2.05, 4.69) is 56.7 Å². The van der Waals surface area contributed by atoms with Crippen LogP contribution < -0.4 is 5.73 Å². The van der Waals surface area contributed by atoms with Crippen LogP contribution in [0.4, 0.5) is 0 Å². The average Bonchev–Trinajstić information content (AvgIpc) is 2.39. The van der Waals surface area contributed by atoms with Crippen molar-refractivity contribution in [2.45, 2.75) is 46.2 Å². The zero-order valence-corrected chi connectivity index (χ0v) is 14.3. The largest absolute Gasteiger partial charge is 0.323 e. The number of rotatable bonds is 4. The molecular formula is C18H31N3. The van der Waals surface area contributed by atoms with Crippen molar-refractivity contribution in [3.05, 3.63) is 34.4 Å². The average molecular weight is 289 g/mol. The van der Waals surface area contributed by atoms with Crippen molar-refractivity contribution in [2.75, 3.05) is 33.2 Å². The number of benzene rings is 1. The third-order valence-corrected chi connectivity index (χ3v) is 4.90. The minimum atomic E-state index is 0.117. The van der Waals surface area contributed by atoms with Crippen molar-refractivity contribution in [3.63, 3.8) is 0 Å². The topological polar surface area (TPSA) is 32.5 Å². The molecule has 0 aliphatic carbocycles. The number of likely N-dealkylation sites (N-methyl/N-ethyl adjacent to an activating group) is 1. The highest BCUT2D eigenvalue weighted by molar-refractivity contribution is 5.39. The van der Waals surface area contributed by atoms with Crippen LogP contribution in [-0.2, 0) is 0 Å². The van der Waals surface area contributed by atoms with Crippen molar-refractivity contribution >= 4 is 0 Å². The van der Waals surface area contributed by atoms with Crippen LogP contribution in [0.15, 0.2) is 12.1 Å². The van der Waals surface area contributed by atoms with Crippen LogP contribution in [0, 0.1) is 20.8 Å². The molecule has 1 fully saturated rings. The summed E-state index contributed by atoms with van der Waals surface area (Å²) >= 11 is 0. The van der Waals surface area contributed by atoms with E-state index < -0.39 is 0 Å². The maximum Gasteiger partial charge on any atom is 0.0429 e. The number of hydrogen-bond donors (Lipinski definition) is 1. The highest BCUT2D eigenvalue weighted by Crippen LogP contribution is 2.23. The van der Waals surface area contributed by atoms with Gasteiger partial charge in [0.1, 0.15) is 0 Å². The molecule has 0 aromatic heterocycles. The molecule has 0 saturated carbocycles. The molecule has 3 nitrogen and oxygen atoms in total. The molecule has 1 heterocycles. The Morgan fingerprint density at radius 1 is 1.19 bits per heavy atom. The second kappa shape index (κ2) is 6.91. The van der Waals surface area contributed by atoms with Gasteiger partial charge >= 0.3 is 0 Å². The Balaban J connectivity index is 2.06. The first-order valence-electron chi connectivity index (χ1n) is 8.18. The molecule has 0 spiro atoms. The molecule has 1 aliphatic heterocycles. The summed E-state index contributed by atoms with van der Waals surface area (Å²) in [5.74, 6) is 0. The summed E-state index contributed by atoms with van der Waals surface area (Å²) in [6.45, 7) is 13.2. The predicted octanol–water partition coefficient (Wildman–Crippen LogP) is 2.64. The van der Waals surface area contributed by atoms with Gasteiger partial charge in [0.05, 0.1) is 0 Å². The van der Waals surface area contributed by atoms with Gasteiger partial charge in [0, 0.05) is 38.3 Å². The van der Waals surface area contributed by atoms with Gasteiger partial charge in [0.15, 0.2) is 0 Å². The van der Waals surface area contributed by atoms with E-state index in [0.29, 0.717) is 6.04 Å². The Kier molecular flexibility index (Phi) is 5.42. The summed E-state index contributed by atoms with van der Waals surface area (Å²) in [5.41, 5.74) is 11.9. The molecule has 2 unspecified atom stereocenters. The lowest BCUT2D eigenvalue weighted by Crippen LogP contribution is -2.52. The van der Waals surface area contributed by atoms with Gasteiger partial charge < -0.3 is 10.6 Å². The summed E-state index contributed by atoms with van der Waals surface area (Å²) in [6, 6.07) is 5.29. The number of nitrogens with zero attached hydrogens (tertiary/aromatic N) is 2. The van der Waals surface area contributed by atoms with Gasteiger partial charge in [-0.2, -0.15) is 0 Å². The van der Waals surface area contributed by atoms with E-state index in [9.17, 15) is 0 Å². The number of nitrogens with two attached hydrogens (primary N) is 1. The Morgan fingerprint density at radius 2 is 1.81 bits per heavy atom. The maximum absolute atomic E-state index is 6.54. The SMILES string of the molecule is CCC1CN(CC(N)c2c(C)cc(C)cc2C)CCN1C. The molecule has 21 heavy (non-hydrogen) atoms. The Morgan fingerprint density at radius 3 is 2.38 bits per heavy atom. The highest BCUT2D eigenvalue weighted by atomic mass is 15.3. The van der Waals surface area contributed by atoms with Gasteiger partial charge in [0.2, 0.25) is 0 Å². The molecule has 1 aliphatic rings. The monoisotopic (exact) mass is 289 g/mol. The summed E-state index contributed by atoms with van der Waals surface area (Å²) in [6.07, 6.45) is 1.21. The molecule has 0 radical (unpaired) electrons. The molecule has 1 aromatic rings. The molecule has 3 heteroatoms. The molecule has 0 amide bonds. The zero-order valence-electron chi connectivity index (χ0n) is 14.3. The van der Waals surface area contributed by atoms with E-state index in [-0.39, 0.29) is 6.04 Å². The lowest BCUT2D eigenvalue weighted by Gasteiger charge is -2.40. The summed E-state index contributed by atoms with van der Waals surface area (Å²) in [7, 11) is 2.24. The van der Waals surface area contributed by atoms with E-state index in [0.717, 1.165) is 26.2 Å². The van der Waals surface area contributed by atoms with Gasteiger partial charge in [-0.15, -0.1) is 0 Å². The normalized spacial score (nSPS) is 22.5. The standard InChI is InChI=1S/C18H31N3/c1-6-16-11-21(8-7-20(16)5)12-17(19)18-14(3)9-13(2)10-15(18)4/h9-10,16-17H,6-8,11-12,19H2,1-5H3. The summed E-state index contributed by atoms with van der Waals surface area (Å²) < 4.78 is 0. The molecule has 2 N–H and O–H groups in total. The lowest BCUT2D eigenvalue weighted by atomic mass is 9.94. The predicted molar refractivity (Wildman–Crippen MR) is 90.7 cm³/mol. The number of aryl methyl sites for hydroxylation is 3. The molecular weight excluding hydrogens is 258 g/mol. The minimum absolute atomic E-state index is 0.117. The summed E-state index contributed by atoms with van der Waals surface area (Å²) in [4.78, 5) is 5.02. The molecule has 2 rings (SSSR count). The molecule has 1 aromatic carbocycles. The van der Waals surface area contributed by atoms with Crippen molar-refractivity contribution in [2.24, 2.45) is 5.73 Å². The highest BCUT2D eigenvalue weighted by Gasteiger charge is 2.25. The van der Waals surface area contributed by atoms with E-state index in [4.69, 9.17) is 5.73 Å². The van der Waals surface area contributed by atoms with Crippen LogP contribution >= 0.6 is 0 Å². The first-order valence-corrected chi connectivity index (χ1v) is 8.18.